The van der Waals surface area contributed by atoms with Gasteiger partial charge in [0, 0.05) is 19.2 Å². The van der Waals surface area contributed by atoms with E-state index < -0.39 is 0 Å². The zero-order valence-electron chi connectivity index (χ0n) is 8.86. The molecule has 5 heteroatoms. The minimum absolute atomic E-state index is 0.256. The monoisotopic (exact) mass is 212 g/mol. The molecular weight excluding hydrogens is 196 g/mol. The van der Waals surface area contributed by atoms with Gasteiger partial charge in [-0.15, -0.1) is 0 Å². The van der Waals surface area contributed by atoms with Crippen molar-refractivity contribution in [2.24, 2.45) is 0 Å². The highest BCUT2D eigenvalue weighted by atomic mass is 16.7. The van der Waals surface area contributed by atoms with E-state index in [0.717, 1.165) is 37.6 Å². The van der Waals surface area contributed by atoms with Crippen LogP contribution >= 0.6 is 0 Å². The molecule has 0 spiro atoms. The SMILES string of the molecule is Cc1cc(CNCC2CCOCO2)no1. The lowest BCUT2D eigenvalue weighted by Gasteiger charge is -2.22. The molecule has 1 fully saturated rings. The summed E-state index contributed by atoms with van der Waals surface area (Å²) in [5.41, 5.74) is 0.930. The molecule has 84 valence electrons. The van der Waals surface area contributed by atoms with E-state index in [-0.39, 0.29) is 6.10 Å². The molecule has 5 nitrogen and oxygen atoms in total. The Morgan fingerprint density at radius 3 is 3.20 bits per heavy atom. The molecule has 1 aromatic heterocycles. The van der Waals surface area contributed by atoms with Crippen LogP contribution in [0, 0.1) is 6.92 Å². The molecule has 0 saturated carbocycles. The van der Waals surface area contributed by atoms with Gasteiger partial charge in [0.2, 0.25) is 0 Å². The van der Waals surface area contributed by atoms with Crippen molar-refractivity contribution in [2.75, 3.05) is 19.9 Å². The van der Waals surface area contributed by atoms with Gasteiger partial charge in [-0.3, -0.25) is 0 Å². The quantitative estimate of drug-likeness (QED) is 0.801. The number of rotatable bonds is 4. The molecule has 1 aromatic rings. The van der Waals surface area contributed by atoms with Crippen LogP contribution in [0.2, 0.25) is 0 Å². The minimum Gasteiger partial charge on any atom is -0.361 e. The molecule has 1 aliphatic rings. The molecule has 1 N–H and O–H groups in total. The summed E-state index contributed by atoms with van der Waals surface area (Å²) in [6, 6.07) is 1.93. The molecule has 0 aliphatic carbocycles. The molecular formula is C10H16N2O3. The third kappa shape index (κ3) is 3.30. The van der Waals surface area contributed by atoms with Gasteiger partial charge in [0.05, 0.1) is 18.4 Å². The highest BCUT2D eigenvalue weighted by molar-refractivity contribution is 5.02. The fourth-order valence-electron chi connectivity index (χ4n) is 1.52. The Morgan fingerprint density at radius 1 is 1.60 bits per heavy atom. The van der Waals surface area contributed by atoms with Crippen LogP contribution < -0.4 is 5.32 Å². The van der Waals surface area contributed by atoms with E-state index in [9.17, 15) is 0 Å². The van der Waals surface area contributed by atoms with Gasteiger partial charge in [-0.1, -0.05) is 5.16 Å². The minimum atomic E-state index is 0.256. The van der Waals surface area contributed by atoms with Crippen molar-refractivity contribution in [1.82, 2.24) is 10.5 Å². The first-order chi connectivity index (χ1) is 7.34. The van der Waals surface area contributed by atoms with Crippen molar-refractivity contribution >= 4 is 0 Å². The van der Waals surface area contributed by atoms with Crippen molar-refractivity contribution in [1.29, 1.82) is 0 Å². The van der Waals surface area contributed by atoms with Crippen LogP contribution in [0.1, 0.15) is 17.9 Å². The third-order valence-corrected chi connectivity index (χ3v) is 2.33. The van der Waals surface area contributed by atoms with Gasteiger partial charge in [-0.2, -0.15) is 0 Å². The second-order valence-corrected chi connectivity index (χ2v) is 3.66. The van der Waals surface area contributed by atoms with Crippen molar-refractivity contribution < 1.29 is 14.0 Å². The predicted molar refractivity (Wildman–Crippen MR) is 53.3 cm³/mol. The van der Waals surface area contributed by atoms with Crippen LogP contribution in [0.25, 0.3) is 0 Å². The van der Waals surface area contributed by atoms with Gasteiger partial charge in [-0.05, 0) is 13.3 Å². The van der Waals surface area contributed by atoms with E-state index in [1.165, 1.54) is 0 Å². The molecule has 1 saturated heterocycles. The zero-order valence-corrected chi connectivity index (χ0v) is 8.86. The van der Waals surface area contributed by atoms with Gasteiger partial charge in [0.15, 0.2) is 0 Å². The number of nitrogens with zero attached hydrogens (tertiary/aromatic N) is 1. The number of hydrogen-bond acceptors (Lipinski definition) is 5. The van der Waals surface area contributed by atoms with Crippen molar-refractivity contribution in [2.45, 2.75) is 26.0 Å². The first-order valence-electron chi connectivity index (χ1n) is 5.17. The Morgan fingerprint density at radius 2 is 2.53 bits per heavy atom. The lowest BCUT2D eigenvalue weighted by Crippen LogP contribution is -2.33. The molecule has 15 heavy (non-hydrogen) atoms. The molecule has 1 aliphatic heterocycles. The summed E-state index contributed by atoms with van der Waals surface area (Å²) in [6.45, 7) is 4.64. The summed E-state index contributed by atoms with van der Waals surface area (Å²) in [5.74, 6) is 0.842. The summed E-state index contributed by atoms with van der Waals surface area (Å²) in [6.07, 6.45) is 1.21. The highest BCUT2D eigenvalue weighted by Crippen LogP contribution is 2.05. The number of hydrogen-bond donors (Lipinski definition) is 1. The summed E-state index contributed by atoms with van der Waals surface area (Å²) in [4.78, 5) is 0. The second kappa shape index (κ2) is 5.25. The maximum atomic E-state index is 5.39. The smallest absolute Gasteiger partial charge is 0.147 e. The van der Waals surface area contributed by atoms with Crippen LogP contribution in [0.4, 0.5) is 0 Å². The van der Waals surface area contributed by atoms with Gasteiger partial charge in [0.25, 0.3) is 0 Å². The fraction of sp³-hybridized carbons (Fsp3) is 0.700. The highest BCUT2D eigenvalue weighted by Gasteiger charge is 2.13. The molecule has 0 bridgehead atoms. The molecule has 2 heterocycles. The number of aromatic nitrogens is 1. The molecule has 1 unspecified atom stereocenters. The first-order valence-corrected chi connectivity index (χ1v) is 5.17. The second-order valence-electron chi connectivity index (χ2n) is 3.66. The maximum Gasteiger partial charge on any atom is 0.147 e. The van der Waals surface area contributed by atoms with Gasteiger partial charge in [-0.25, -0.2) is 0 Å². The number of ether oxygens (including phenoxy) is 2. The number of aryl methyl sites for hydroxylation is 1. The van der Waals surface area contributed by atoms with Crippen LogP contribution in [0.5, 0.6) is 0 Å². The lowest BCUT2D eigenvalue weighted by molar-refractivity contribution is -0.137. The summed E-state index contributed by atoms with van der Waals surface area (Å²) < 4.78 is 15.4. The standard InChI is InChI=1S/C10H16N2O3/c1-8-4-9(12-15-8)5-11-6-10-2-3-13-7-14-10/h4,10-11H,2-3,5-7H2,1H3. The third-order valence-electron chi connectivity index (χ3n) is 2.33. The normalized spacial score (nSPS) is 21.8. The summed E-state index contributed by atoms with van der Waals surface area (Å²) in [5, 5.41) is 7.18. The van der Waals surface area contributed by atoms with Gasteiger partial charge >= 0.3 is 0 Å². The molecule has 0 amide bonds. The molecule has 2 rings (SSSR count). The Balaban J connectivity index is 1.65. The molecule has 0 aromatic carbocycles. The van der Waals surface area contributed by atoms with E-state index >= 15 is 0 Å². The maximum absolute atomic E-state index is 5.39. The molecule has 0 radical (unpaired) electrons. The van der Waals surface area contributed by atoms with E-state index in [4.69, 9.17) is 14.0 Å². The Labute approximate surface area is 88.7 Å². The van der Waals surface area contributed by atoms with Crippen LogP contribution in [-0.4, -0.2) is 31.2 Å². The van der Waals surface area contributed by atoms with E-state index in [2.05, 4.69) is 10.5 Å². The number of nitrogens with one attached hydrogen (secondary N) is 1. The van der Waals surface area contributed by atoms with Gasteiger partial charge < -0.3 is 19.3 Å². The van der Waals surface area contributed by atoms with Gasteiger partial charge in [0.1, 0.15) is 12.6 Å². The van der Waals surface area contributed by atoms with Crippen LogP contribution in [0.3, 0.4) is 0 Å². The average Bonchev–Trinajstić information content (AvgIpc) is 2.66. The van der Waals surface area contributed by atoms with Crippen molar-refractivity contribution in [3.05, 3.63) is 17.5 Å². The van der Waals surface area contributed by atoms with Crippen molar-refractivity contribution in [3.8, 4) is 0 Å². The van der Waals surface area contributed by atoms with E-state index in [1.54, 1.807) is 0 Å². The summed E-state index contributed by atoms with van der Waals surface area (Å²) in [7, 11) is 0. The lowest BCUT2D eigenvalue weighted by atomic mass is 10.2. The van der Waals surface area contributed by atoms with E-state index in [0.29, 0.717) is 6.79 Å². The Bertz CT molecular complexity index is 295. The Hall–Kier alpha value is -0.910. The molecule has 1 atom stereocenters. The van der Waals surface area contributed by atoms with Crippen molar-refractivity contribution in [3.63, 3.8) is 0 Å². The fourth-order valence-corrected chi connectivity index (χ4v) is 1.52. The average molecular weight is 212 g/mol. The van der Waals surface area contributed by atoms with E-state index in [1.807, 2.05) is 13.0 Å². The zero-order chi connectivity index (χ0) is 10.5. The van der Waals surface area contributed by atoms with Crippen LogP contribution in [0.15, 0.2) is 10.6 Å². The summed E-state index contributed by atoms with van der Waals surface area (Å²) >= 11 is 0. The van der Waals surface area contributed by atoms with Crippen LogP contribution in [-0.2, 0) is 16.0 Å². The largest absolute Gasteiger partial charge is 0.361 e. The first kappa shape index (κ1) is 10.6. The predicted octanol–water partition coefficient (Wildman–Crippen LogP) is 0.836. The topological polar surface area (TPSA) is 56.5 Å². The Kier molecular flexibility index (Phi) is 3.71.